The molecular formula is C14H25N3. The first-order valence-electron chi connectivity index (χ1n) is 6.99. The Morgan fingerprint density at radius 1 is 1.47 bits per heavy atom. The predicted molar refractivity (Wildman–Crippen MR) is 71.0 cm³/mol. The molecule has 0 aromatic carbocycles. The van der Waals surface area contributed by atoms with Crippen LogP contribution in [0.15, 0.2) is 12.4 Å². The largest absolute Gasteiger partial charge is 0.335 e. The van der Waals surface area contributed by atoms with E-state index in [-0.39, 0.29) is 0 Å². The topological polar surface area (TPSA) is 29.9 Å². The Kier molecular flexibility index (Phi) is 4.21. The van der Waals surface area contributed by atoms with Crippen molar-refractivity contribution in [1.82, 2.24) is 14.9 Å². The van der Waals surface area contributed by atoms with Gasteiger partial charge in [0.05, 0.1) is 0 Å². The fourth-order valence-corrected chi connectivity index (χ4v) is 2.67. The van der Waals surface area contributed by atoms with Crippen LogP contribution >= 0.6 is 0 Å². The quantitative estimate of drug-likeness (QED) is 0.787. The second kappa shape index (κ2) is 5.67. The molecule has 1 aromatic heterocycles. The third-order valence-electron chi connectivity index (χ3n) is 4.01. The van der Waals surface area contributed by atoms with Crippen LogP contribution in [0, 0.1) is 11.8 Å². The van der Waals surface area contributed by atoms with Gasteiger partial charge in [-0.05, 0) is 38.1 Å². The molecule has 1 aromatic rings. The van der Waals surface area contributed by atoms with Crippen LogP contribution in [0.25, 0.3) is 0 Å². The van der Waals surface area contributed by atoms with Gasteiger partial charge in [-0.2, -0.15) is 0 Å². The summed E-state index contributed by atoms with van der Waals surface area (Å²) in [7, 11) is 0. The minimum absolute atomic E-state index is 0.584. The van der Waals surface area contributed by atoms with Crippen LogP contribution in [-0.2, 0) is 13.0 Å². The number of rotatable bonds is 7. The Morgan fingerprint density at radius 3 is 2.82 bits per heavy atom. The highest BCUT2D eigenvalue weighted by atomic mass is 15.1. The second-order valence-electron chi connectivity index (χ2n) is 5.19. The molecule has 2 rings (SSSR count). The van der Waals surface area contributed by atoms with Crippen molar-refractivity contribution in [2.45, 2.75) is 52.6 Å². The van der Waals surface area contributed by atoms with Gasteiger partial charge in [0.25, 0.3) is 0 Å². The molecule has 0 spiro atoms. The second-order valence-corrected chi connectivity index (χ2v) is 5.19. The van der Waals surface area contributed by atoms with Crippen LogP contribution in [0.3, 0.4) is 0 Å². The summed E-state index contributed by atoms with van der Waals surface area (Å²) in [4.78, 5) is 4.49. The number of aromatic nitrogens is 2. The molecule has 1 heterocycles. The Bertz CT molecular complexity index is 341. The molecule has 0 bridgehead atoms. The minimum atomic E-state index is 0.584. The minimum Gasteiger partial charge on any atom is -0.335 e. The Hall–Kier alpha value is -0.830. The lowest BCUT2D eigenvalue weighted by molar-refractivity contribution is 0.337. The smallest absolute Gasteiger partial charge is 0.110 e. The maximum absolute atomic E-state index is 4.49. The van der Waals surface area contributed by atoms with Gasteiger partial charge >= 0.3 is 0 Å². The van der Waals surface area contributed by atoms with Gasteiger partial charge in [-0.25, -0.2) is 4.98 Å². The molecule has 0 aliphatic heterocycles. The number of imidazole rings is 1. The molecule has 1 aliphatic rings. The number of nitrogens with zero attached hydrogens (tertiary/aromatic N) is 2. The van der Waals surface area contributed by atoms with Gasteiger partial charge in [-0.15, -0.1) is 0 Å². The maximum Gasteiger partial charge on any atom is 0.110 e. The highest BCUT2D eigenvalue weighted by Crippen LogP contribution is 2.38. The van der Waals surface area contributed by atoms with Crippen LogP contribution in [-0.4, -0.2) is 22.1 Å². The normalized spacial score (nSPS) is 19.2. The van der Waals surface area contributed by atoms with Crippen LogP contribution in [0.4, 0.5) is 0 Å². The van der Waals surface area contributed by atoms with Crippen molar-refractivity contribution in [3.8, 4) is 0 Å². The number of nitrogens with one attached hydrogen (secondary N) is 1. The van der Waals surface area contributed by atoms with E-state index in [0.717, 1.165) is 31.3 Å². The first kappa shape index (κ1) is 12.6. The molecule has 0 radical (unpaired) electrons. The number of likely N-dealkylation sites (N-methyl/N-ethyl adjacent to an activating group) is 1. The molecular weight excluding hydrogens is 210 g/mol. The summed E-state index contributed by atoms with van der Waals surface area (Å²) in [5.74, 6) is 2.95. The maximum atomic E-state index is 4.49. The molecule has 3 heteroatoms. The van der Waals surface area contributed by atoms with E-state index in [9.17, 15) is 0 Å². The lowest BCUT2D eigenvalue weighted by Crippen LogP contribution is -2.38. The van der Waals surface area contributed by atoms with Crippen molar-refractivity contribution in [3.05, 3.63) is 18.2 Å². The summed E-state index contributed by atoms with van der Waals surface area (Å²) in [5.41, 5.74) is 0. The van der Waals surface area contributed by atoms with Gasteiger partial charge in [0.15, 0.2) is 0 Å². The van der Waals surface area contributed by atoms with Crippen molar-refractivity contribution in [1.29, 1.82) is 0 Å². The molecule has 2 unspecified atom stereocenters. The molecule has 1 N–H and O–H groups in total. The highest BCUT2D eigenvalue weighted by Gasteiger charge is 2.33. The Labute approximate surface area is 105 Å². The molecule has 96 valence electrons. The zero-order chi connectivity index (χ0) is 12.3. The van der Waals surface area contributed by atoms with Crippen LogP contribution in [0.2, 0.25) is 0 Å². The molecule has 1 aliphatic carbocycles. The van der Waals surface area contributed by atoms with Crippen LogP contribution < -0.4 is 5.32 Å². The van der Waals surface area contributed by atoms with Gasteiger partial charge in [0.2, 0.25) is 0 Å². The number of hydrogen-bond donors (Lipinski definition) is 1. The molecule has 0 amide bonds. The molecule has 0 saturated heterocycles. The van der Waals surface area contributed by atoms with E-state index in [1.807, 2.05) is 6.20 Å². The van der Waals surface area contributed by atoms with Gasteiger partial charge in [-0.1, -0.05) is 13.8 Å². The van der Waals surface area contributed by atoms with E-state index in [4.69, 9.17) is 0 Å². The van der Waals surface area contributed by atoms with E-state index in [0.29, 0.717) is 6.04 Å². The standard InChI is InChI=1S/C14H25N3/c1-4-15-13(11(3)12-6-7-12)10-14-16-8-9-17(14)5-2/h8-9,11-13,15H,4-7,10H2,1-3H3. The van der Waals surface area contributed by atoms with E-state index >= 15 is 0 Å². The molecule has 1 fully saturated rings. The lowest BCUT2D eigenvalue weighted by Gasteiger charge is -2.24. The van der Waals surface area contributed by atoms with E-state index in [2.05, 4.69) is 41.8 Å². The summed E-state index contributed by atoms with van der Waals surface area (Å²) in [6.45, 7) is 8.83. The van der Waals surface area contributed by atoms with Gasteiger partial charge in [0, 0.05) is 31.4 Å². The summed E-state index contributed by atoms with van der Waals surface area (Å²) in [6, 6.07) is 0.584. The Morgan fingerprint density at radius 2 is 2.24 bits per heavy atom. The summed E-state index contributed by atoms with van der Waals surface area (Å²) in [5, 5.41) is 3.64. The molecule has 3 nitrogen and oxygen atoms in total. The SMILES string of the molecule is CCNC(Cc1nccn1CC)C(C)C1CC1. The van der Waals surface area contributed by atoms with Gasteiger partial charge in [0.1, 0.15) is 5.82 Å². The van der Waals surface area contributed by atoms with Crippen LogP contribution in [0.5, 0.6) is 0 Å². The van der Waals surface area contributed by atoms with E-state index < -0.39 is 0 Å². The Balaban J connectivity index is 2.01. The van der Waals surface area contributed by atoms with E-state index in [1.54, 1.807) is 0 Å². The van der Waals surface area contributed by atoms with Crippen LogP contribution in [0.1, 0.15) is 39.4 Å². The fourth-order valence-electron chi connectivity index (χ4n) is 2.67. The lowest BCUT2D eigenvalue weighted by atomic mass is 9.93. The van der Waals surface area contributed by atoms with Gasteiger partial charge < -0.3 is 9.88 Å². The summed E-state index contributed by atoms with van der Waals surface area (Å²) >= 11 is 0. The average molecular weight is 235 g/mol. The zero-order valence-electron chi connectivity index (χ0n) is 11.3. The monoisotopic (exact) mass is 235 g/mol. The number of hydrogen-bond acceptors (Lipinski definition) is 2. The summed E-state index contributed by atoms with van der Waals surface area (Å²) < 4.78 is 2.25. The first-order chi connectivity index (χ1) is 8.26. The van der Waals surface area contributed by atoms with Gasteiger partial charge in [-0.3, -0.25) is 0 Å². The number of aryl methyl sites for hydroxylation is 1. The average Bonchev–Trinajstić information content (AvgIpc) is 3.08. The van der Waals surface area contributed by atoms with Crippen molar-refractivity contribution < 1.29 is 0 Å². The van der Waals surface area contributed by atoms with E-state index in [1.165, 1.54) is 18.7 Å². The molecule has 17 heavy (non-hydrogen) atoms. The van der Waals surface area contributed by atoms with Crippen molar-refractivity contribution in [2.24, 2.45) is 11.8 Å². The summed E-state index contributed by atoms with van der Waals surface area (Å²) in [6.07, 6.45) is 7.91. The third-order valence-corrected chi connectivity index (χ3v) is 4.01. The zero-order valence-corrected chi connectivity index (χ0v) is 11.3. The van der Waals surface area contributed by atoms with Crippen molar-refractivity contribution >= 4 is 0 Å². The van der Waals surface area contributed by atoms with Crippen molar-refractivity contribution in [2.75, 3.05) is 6.54 Å². The fraction of sp³-hybridized carbons (Fsp3) is 0.786. The van der Waals surface area contributed by atoms with Crippen molar-refractivity contribution in [3.63, 3.8) is 0 Å². The highest BCUT2D eigenvalue weighted by molar-refractivity contribution is 4.98. The molecule has 2 atom stereocenters. The molecule has 1 saturated carbocycles. The third kappa shape index (κ3) is 3.09. The predicted octanol–water partition coefficient (Wildman–Crippen LogP) is 2.47. The first-order valence-corrected chi connectivity index (χ1v) is 6.99.